The predicted molar refractivity (Wildman–Crippen MR) is 112 cm³/mol. The molecule has 0 saturated carbocycles. The minimum absolute atomic E-state index is 0.00276. The summed E-state index contributed by atoms with van der Waals surface area (Å²) in [6.07, 6.45) is 0.972. The average molecular weight is 386 g/mol. The minimum atomic E-state index is -0.317. The van der Waals surface area contributed by atoms with Crippen molar-refractivity contribution in [2.75, 3.05) is 25.6 Å². The number of nitrogens with zero attached hydrogens (tertiary/aromatic N) is 2. The molecule has 6 heteroatoms. The Bertz CT molecular complexity index is 836. The maximum absolute atomic E-state index is 12.3. The number of anilines is 1. The quantitative estimate of drug-likeness (QED) is 0.709. The van der Waals surface area contributed by atoms with Gasteiger partial charge in [0.15, 0.2) is 0 Å². The predicted octanol–water partition coefficient (Wildman–Crippen LogP) is 3.13. The smallest absolute Gasteiger partial charge is 0.355 e. The minimum Gasteiger partial charge on any atom is -0.461 e. The van der Waals surface area contributed by atoms with Crippen molar-refractivity contribution in [1.29, 1.82) is 0 Å². The van der Waals surface area contributed by atoms with Crippen LogP contribution in [0.25, 0.3) is 0 Å². The van der Waals surface area contributed by atoms with Crippen LogP contribution < -0.4 is 10.2 Å². The summed E-state index contributed by atoms with van der Waals surface area (Å²) >= 11 is 0. The van der Waals surface area contributed by atoms with Crippen LogP contribution in [-0.4, -0.2) is 37.1 Å². The first-order valence-electron chi connectivity index (χ1n) is 9.61. The van der Waals surface area contributed by atoms with Gasteiger partial charge in [-0.3, -0.25) is 4.79 Å². The van der Waals surface area contributed by atoms with Crippen molar-refractivity contribution in [2.45, 2.75) is 40.2 Å². The molecule has 0 spiro atoms. The molecule has 0 atom stereocenters. The number of carbonyl (C=O) groups is 2. The van der Waals surface area contributed by atoms with E-state index in [1.54, 1.807) is 6.92 Å². The van der Waals surface area contributed by atoms with E-state index < -0.39 is 0 Å². The fourth-order valence-corrected chi connectivity index (χ4v) is 3.33. The number of benzene rings is 1. The Morgan fingerprint density at radius 1 is 1.14 bits per heavy atom. The summed E-state index contributed by atoms with van der Waals surface area (Å²) < 4.78 is 7.01. The molecule has 0 bridgehead atoms. The highest BCUT2D eigenvalue weighted by atomic mass is 16.5. The Kier molecular flexibility index (Phi) is 7.26. The number of hydrogen-bond acceptors (Lipinski definition) is 4. The summed E-state index contributed by atoms with van der Waals surface area (Å²) in [7, 11) is 5.85. The zero-order valence-electron chi connectivity index (χ0n) is 17.8. The summed E-state index contributed by atoms with van der Waals surface area (Å²) in [6.45, 7) is 6.53. The molecule has 0 aliphatic carbocycles. The first-order chi connectivity index (χ1) is 13.3. The summed E-state index contributed by atoms with van der Waals surface area (Å²) in [4.78, 5) is 26.5. The molecule has 2 rings (SSSR count). The Balaban J connectivity index is 1.95. The van der Waals surface area contributed by atoms with Gasteiger partial charge in [0.25, 0.3) is 0 Å². The Morgan fingerprint density at radius 3 is 2.36 bits per heavy atom. The van der Waals surface area contributed by atoms with Crippen molar-refractivity contribution in [2.24, 2.45) is 7.05 Å². The van der Waals surface area contributed by atoms with Crippen LogP contribution in [0.2, 0.25) is 0 Å². The second-order valence-electron chi connectivity index (χ2n) is 7.15. The van der Waals surface area contributed by atoms with Crippen LogP contribution in [0.4, 0.5) is 5.69 Å². The van der Waals surface area contributed by atoms with Crippen LogP contribution in [0.1, 0.15) is 46.2 Å². The lowest BCUT2D eigenvalue weighted by Crippen LogP contribution is -2.23. The highest BCUT2D eigenvalue weighted by Crippen LogP contribution is 2.23. The summed E-state index contributed by atoms with van der Waals surface area (Å²) in [5.41, 5.74) is 5.68. The Hall–Kier alpha value is -2.76. The van der Waals surface area contributed by atoms with Crippen LogP contribution in [0.5, 0.6) is 0 Å². The zero-order valence-corrected chi connectivity index (χ0v) is 17.8. The van der Waals surface area contributed by atoms with E-state index in [2.05, 4.69) is 5.32 Å². The molecule has 152 valence electrons. The number of ether oxygens (including phenoxy) is 1. The van der Waals surface area contributed by atoms with Gasteiger partial charge < -0.3 is 19.5 Å². The van der Waals surface area contributed by atoms with Gasteiger partial charge in [-0.15, -0.1) is 0 Å². The first-order valence-corrected chi connectivity index (χ1v) is 9.61. The van der Waals surface area contributed by atoms with Gasteiger partial charge in [-0.25, -0.2) is 4.79 Å². The molecule has 2 aromatic rings. The SMILES string of the molecule is CCOC(=O)c1c(C)c(CCC(=O)NCc2ccc(N(C)C)cc2)c(C)n1C. The van der Waals surface area contributed by atoms with Crippen LogP contribution in [-0.2, 0) is 29.5 Å². The van der Waals surface area contributed by atoms with E-state index in [0.717, 1.165) is 28.1 Å². The monoisotopic (exact) mass is 385 g/mol. The topological polar surface area (TPSA) is 63.6 Å². The summed E-state index contributed by atoms with van der Waals surface area (Å²) in [5, 5.41) is 2.97. The van der Waals surface area contributed by atoms with Gasteiger partial charge >= 0.3 is 5.97 Å². The van der Waals surface area contributed by atoms with Crippen molar-refractivity contribution >= 4 is 17.6 Å². The molecule has 6 nitrogen and oxygen atoms in total. The van der Waals surface area contributed by atoms with Crippen molar-refractivity contribution in [3.63, 3.8) is 0 Å². The van der Waals surface area contributed by atoms with Crippen LogP contribution in [0, 0.1) is 13.8 Å². The molecule has 1 N–H and O–H groups in total. The number of esters is 1. The molecule has 0 radical (unpaired) electrons. The number of hydrogen-bond donors (Lipinski definition) is 1. The second-order valence-corrected chi connectivity index (χ2v) is 7.15. The molecular weight excluding hydrogens is 354 g/mol. The molecule has 0 saturated heterocycles. The molecule has 1 aromatic carbocycles. The lowest BCUT2D eigenvalue weighted by Gasteiger charge is -2.13. The normalized spacial score (nSPS) is 10.6. The highest BCUT2D eigenvalue weighted by molar-refractivity contribution is 5.90. The van der Waals surface area contributed by atoms with Gasteiger partial charge in [-0.05, 0) is 56.0 Å². The van der Waals surface area contributed by atoms with Gasteiger partial charge in [-0.1, -0.05) is 12.1 Å². The fraction of sp³-hybridized carbons (Fsp3) is 0.455. The maximum atomic E-state index is 12.3. The molecular formula is C22H31N3O3. The Morgan fingerprint density at radius 2 is 1.79 bits per heavy atom. The summed E-state index contributed by atoms with van der Waals surface area (Å²) in [6, 6.07) is 8.11. The van der Waals surface area contributed by atoms with E-state index in [1.807, 2.05) is 68.7 Å². The standard InChI is InChI=1S/C22H31N3O3/c1-7-28-22(27)21-15(2)19(16(3)25(21)6)12-13-20(26)23-14-17-8-10-18(11-9-17)24(4)5/h8-11H,7,12-14H2,1-6H3,(H,23,26). The number of rotatable bonds is 8. The molecule has 0 aliphatic rings. The van der Waals surface area contributed by atoms with Gasteiger partial charge in [0, 0.05) is 45.5 Å². The van der Waals surface area contributed by atoms with Gasteiger partial charge in [0.1, 0.15) is 5.69 Å². The fourth-order valence-electron chi connectivity index (χ4n) is 3.33. The molecule has 1 amide bonds. The van der Waals surface area contributed by atoms with E-state index in [9.17, 15) is 9.59 Å². The maximum Gasteiger partial charge on any atom is 0.355 e. The number of carbonyl (C=O) groups excluding carboxylic acids is 2. The lowest BCUT2D eigenvalue weighted by atomic mass is 10.0. The first kappa shape index (κ1) is 21.5. The van der Waals surface area contributed by atoms with Gasteiger partial charge in [-0.2, -0.15) is 0 Å². The third-order valence-electron chi connectivity index (χ3n) is 5.10. The van der Waals surface area contributed by atoms with Crippen molar-refractivity contribution < 1.29 is 14.3 Å². The van der Waals surface area contributed by atoms with Crippen LogP contribution >= 0.6 is 0 Å². The molecule has 1 heterocycles. The van der Waals surface area contributed by atoms with Gasteiger partial charge in [0.2, 0.25) is 5.91 Å². The van der Waals surface area contributed by atoms with Crippen molar-refractivity contribution in [3.05, 3.63) is 52.3 Å². The molecule has 1 aromatic heterocycles. The van der Waals surface area contributed by atoms with Crippen molar-refractivity contribution in [1.82, 2.24) is 9.88 Å². The van der Waals surface area contributed by atoms with Crippen molar-refractivity contribution in [3.8, 4) is 0 Å². The second kappa shape index (κ2) is 9.44. The Labute approximate surface area is 167 Å². The van der Waals surface area contributed by atoms with E-state index in [0.29, 0.717) is 31.7 Å². The van der Waals surface area contributed by atoms with E-state index >= 15 is 0 Å². The number of aromatic nitrogens is 1. The highest BCUT2D eigenvalue weighted by Gasteiger charge is 2.21. The van der Waals surface area contributed by atoms with Crippen LogP contribution in [0.3, 0.4) is 0 Å². The van der Waals surface area contributed by atoms with Gasteiger partial charge in [0.05, 0.1) is 6.61 Å². The third-order valence-corrected chi connectivity index (χ3v) is 5.10. The van der Waals surface area contributed by atoms with E-state index in [4.69, 9.17) is 4.74 Å². The number of amides is 1. The number of nitrogens with one attached hydrogen (secondary N) is 1. The molecule has 28 heavy (non-hydrogen) atoms. The third kappa shape index (κ3) is 4.94. The van der Waals surface area contributed by atoms with E-state index in [1.165, 1.54) is 0 Å². The summed E-state index contributed by atoms with van der Waals surface area (Å²) in [5.74, 6) is -0.320. The van der Waals surface area contributed by atoms with E-state index in [-0.39, 0.29) is 11.9 Å². The molecule has 0 fully saturated rings. The molecule has 0 unspecified atom stereocenters. The average Bonchev–Trinajstić information content (AvgIpc) is 2.87. The lowest BCUT2D eigenvalue weighted by molar-refractivity contribution is -0.121. The zero-order chi connectivity index (χ0) is 20.8. The molecule has 0 aliphatic heterocycles. The largest absolute Gasteiger partial charge is 0.461 e. The van der Waals surface area contributed by atoms with Crippen LogP contribution in [0.15, 0.2) is 24.3 Å².